The second-order valence-electron chi connectivity index (χ2n) is 9.89. The maximum Gasteiger partial charge on any atom is 0.258 e. The van der Waals surface area contributed by atoms with Gasteiger partial charge in [0.05, 0.1) is 6.54 Å². The van der Waals surface area contributed by atoms with E-state index in [1.807, 2.05) is 48.5 Å². The molecule has 32 heavy (non-hydrogen) atoms. The van der Waals surface area contributed by atoms with E-state index in [1.165, 1.54) is 6.42 Å². The molecule has 1 aliphatic rings. The molecule has 1 aromatic heterocycles. The van der Waals surface area contributed by atoms with Gasteiger partial charge in [0.15, 0.2) is 0 Å². The standard InChI is InChI=1S/C27H33N3O2/c1-20-14-23(16-27(2,3)15-20)28-25(31)24-18-30(17-21-10-6-4-7-11-21)29-26(24)32-19-22-12-8-5-9-13-22/h4-13,18,20,23H,14-17,19H2,1-3H3,(H,28,31). The molecule has 1 saturated carbocycles. The van der Waals surface area contributed by atoms with Crippen LogP contribution < -0.4 is 10.1 Å². The van der Waals surface area contributed by atoms with Crippen molar-refractivity contribution in [2.75, 3.05) is 0 Å². The van der Waals surface area contributed by atoms with E-state index in [0.717, 1.165) is 24.0 Å². The summed E-state index contributed by atoms with van der Waals surface area (Å²) in [4.78, 5) is 13.3. The molecule has 1 aliphatic carbocycles. The largest absolute Gasteiger partial charge is 0.471 e. The summed E-state index contributed by atoms with van der Waals surface area (Å²) in [5.41, 5.74) is 2.89. The number of benzene rings is 2. The third kappa shape index (κ3) is 5.78. The first-order chi connectivity index (χ1) is 15.4. The number of carbonyl (C=O) groups is 1. The molecule has 4 rings (SSSR count). The molecule has 2 unspecified atom stereocenters. The van der Waals surface area contributed by atoms with Gasteiger partial charge in [-0.25, -0.2) is 0 Å². The molecule has 0 aliphatic heterocycles. The molecule has 1 heterocycles. The summed E-state index contributed by atoms with van der Waals surface area (Å²) in [6, 6.07) is 20.2. The fourth-order valence-corrected chi connectivity index (χ4v) is 4.96. The first kappa shape index (κ1) is 22.1. The van der Waals surface area contributed by atoms with Gasteiger partial charge in [-0.2, -0.15) is 0 Å². The van der Waals surface area contributed by atoms with Crippen LogP contribution in [0.3, 0.4) is 0 Å². The number of ether oxygens (including phenoxy) is 1. The molecule has 5 nitrogen and oxygen atoms in total. The molecule has 0 bridgehead atoms. The van der Waals surface area contributed by atoms with Crippen molar-refractivity contribution in [3.8, 4) is 5.88 Å². The second kappa shape index (κ2) is 9.60. The number of aromatic nitrogens is 2. The Morgan fingerprint density at radius 1 is 1.06 bits per heavy atom. The van der Waals surface area contributed by atoms with Crippen LogP contribution >= 0.6 is 0 Å². The van der Waals surface area contributed by atoms with Gasteiger partial charge in [-0.1, -0.05) is 81.4 Å². The van der Waals surface area contributed by atoms with E-state index in [9.17, 15) is 4.79 Å². The van der Waals surface area contributed by atoms with E-state index in [0.29, 0.717) is 30.5 Å². The molecule has 1 amide bonds. The van der Waals surface area contributed by atoms with E-state index >= 15 is 0 Å². The highest BCUT2D eigenvalue weighted by molar-refractivity contribution is 5.96. The van der Waals surface area contributed by atoms with Gasteiger partial charge in [0.25, 0.3) is 5.91 Å². The maximum atomic E-state index is 13.3. The summed E-state index contributed by atoms with van der Waals surface area (Å²) in [5.74, 6) is 0.867. The number of nitrogens with zero attached hydrogens (tertiary/aromatic N) is 2. The monoisotopic (exact) mass is 431 g/mol. The topological polar surface area (TPSA) is 56.2 Å². The summed E-state index contributed by atoms with van der Waals surface area (Å²) in [6.45, 7) is 7.80. The van der Waals surface area contributed by atoms with E-state index in [2.05, 4.69) is 43.3 Å². The smallest absolute Gasteiger partial charge is 0.258 e. The Bertz CT molecular complexity index is 1030. The van der Waals surface area contributed by atoms with Crippen molar-refractivity contribution in [2.24, 2.45) is 11.3 Å². The summed E-state index contributed by atoms with van der Waals surface area (Å²) in [7, 11) is 0. The zero-order valence-electron chi connectivity index (χ0n) is 19.3. The Labute approximate surface area is 190 Å². The third-order valence-corrected chi connectivity index (χ3v) is 6.10. The summed E-state index contributed by atoms with van der Waals surface area (Å²) in [6.07, 6.45) is 4.99. The summed E-state index contributed by atoms with van der Waals surface area (Å²) in [5, 5.41) is 7.88. The second-order valence-corrected chi connectivity index (χ2v) is 9.89. The van der Waals surface area contributed by atoms with Crippen molar-refractivity contribution < 1.29 is 9.53 Å². The molecule has 0 radical (unpaired) electrons. The van der Waals surface area contributed by atoms with Crippen molar-refractivity contribution in [3.05, 3.63) is 83.6 Å². The molecular weight excluding hydrogens is 398 g/mol. The average molecular weight is 432 g/mol. The van der Waals surface area contributed by atoms with Crippen molar-refractivity contribution in [1.82, 2.24) is 15.1 Å². The zero-order valence-corrected chi connectivity index (χ0v) is 19.3. The molecule has 1 fully saturated rings. The van der Waals surface area contributed by atoms with Gasteiger partial charge in [-0.3, -0.25) is 9.48 Å². The number of rotatable bonds is 7. The van der Waals surface area contributed by atoms with Crippen molar-refractivity contribution in [3.63, 3.8) is 0 Å². The van der Waals surface area contributed by atoms with Gasteiger partial charge >= 0.3 is 0 Å². The Morgan fingerprint density at radius 2 is 1.72 bits per heavy atom. The first-order valence-electron chi connectivity index (χ1n) is 11.5. The van der Waals surface area contributed by atoms with Crippen molar-refractivity contribution in [2.45, 2.75) is 59.2 Å². The van der Waals surface area contributed by atoms with Crippen LogP contribution in [-0.2, 0) is 13.2 Å². The fraction of sp³-hybridized carbons (Fsp3) is 0.407. The van der Waals surface area contributed by atoms with Crippen LogP contribution in [-0.4, -0.2) is 21.7 Å². The van der Waals surface area contributed by atoms with E-state index < -0.39 is 0 Å². The van der Waals surface area contributed by atoms with Crippen molar-refractivity contribution in [1.29, 1.82) is 0 Å². The molecular formula is C27H33N3O2. The molecule has 2 atom stereocenters. The molecule has 1 N–H and O–H groups in total. The summed E-state index contributed by atoms with van der Waals surface area (Å²) < 4.78 is 7.81. The minimum absolute atomic E-state index is 0.109. The summed E-state index contributed by atoms with van der Waals surface area (Å²) >= 11 is 0. The average Bonchev–Trinajstić information content (AvgIpc) is 3.15. The van der Waals surface area contributed by atoms with Crippen LogP contribution in [0.2, 0.25) is 0 Å². The number of hydrogen-bond donors (Lipinski definition) is 1. The number of carbonyl (C=O) groups excluding carboxylic acids is 1. The normalized spacial score (nSPS) is 20.0. The van der Waals surface area contributed by atoms with Gasteiger partial charge < -0.3 is 10.1 Å². The van der Waals surface area contributed by atoms with Gasteiger partial charge in [-0.05, 0) is 41.7 Å². The van der Waals surface area contributed by atoms with E-state index in [4.69, 9.17) is 4.74 Å². The molecule has 0 spiro atoms. The fourth-order valence-electron chi connectivity index (χ4n) is 4.96. The number of amides is 1. The van der Waals surface area contributed by atoms with Crippen LogP contribution in [0.1, 0.15) is 61.5 Å². The van der Waals surface area contributed by atoms with Gasteiger partial charge in [-0.15, -0.1) is 5.10 Å². The molecule has 2 aromatic carbocycles. The third-order valence-electron chi connectivity index (χ3n) is 6.10. The highest BCUT2D eigenvalue weighted by Gasteiger charge is 2.33. The van der Waals surface area contributed by atoms with E-state index in [1.54, 1.807) is 10.9 Å². The first-order valence-corrected chi connectivity index (χ1v) is 11.5. The predicted octanol–water partition coefficient (Wildman–Crippen LogP) is 5.46. The van der Waals surface area contributed by atoms with E-state index in [-0.39, 0.29) is 17.4 Å². The highest BCUT2D eigenvalue weighted by Crippen LogP contribution is 2.38. The Morgan fingerprint density at radius 3 is 2.38 bits per heavy atom. The minimum Gasteiger partial charge on any atom is -0.471 e. The SMILES string of the molecule is CC1CC(NC(=O)c2cn(Cc3ccccc3)nc2OCc2ccccc2)CC(C)(C)C1. The Kier molecular flexibility index (Phi) is 6.63. The molecule has 3 aromatic rings. The lowest BCUT2D eigenvalue weighted by Crippen LogP contribution is -2.43. The maximum absolute atomic E-state index is 13.3. The van der Waals surface area contributed by atoms with Gasteiger partial charge in [0, 0.05) is 12.2 Å². The lowest BCUT2D eigenvalue weighted by atomic mass is 9.70. The van der Waals surface area contributed by atoms with Crippen LogP contribution in [0.25, 0.3) is 0 Å². The van der Waals surface area contributed by atoms with Crippen LogP contribution in [0.5, 0.6) is 5.88 Å². The van der Waals surface area contributed by atoms with Crippen LogP contribution in [0.4, 0.5) is 0 Å². The zero-order chi connectivity index (χ0) is 22.6. The van der Waals surface area contributed by atoms with Crippen molar-refractivity contribution >= 4 is 5.91 Å². The Balaban J connectivity index is 1.53. The quantitative estimate of drug-likeness (QED) is 0.541. The highest BCUT2D eigenvalue weighted by atomic mass is 16.5. The lowest BCUT2D eigenvalue weighted by molar-refractivity contribution is 0.0870. The van der Waals surface area contributed by atoms with Crippen LogP contribution in [0, 0.1) is 11.3 Å². The minimum atomic E-state index is -0.109. The lowest BCUT2D eigenvalue weighted by Gasteiger charge is -2.39. The molecule has 168 valence electrons. The molecule has 0 saturated heterocycles. The van der Waals surface area contributed by atoms with Gasteiger partial charge in [0.1, 0.15) is 12.2 Å². The molecule has 5 heteroatoms. The predicted molar refractivity (Wildman–Crippen MR) is 127 cm³/mol. The number of hydrogen-bond acceptors (Lipinski definition) is 3. The van der Waals surface area contributed by atoms with Gasteiger partial charge in [0.2, 0.25) is 5.88 Å². The number of nitrogens with one attached hydrogen (secondary N) is 1. The Hall–Kier alpha value is -3.08. The van der Waals surface area contributed by atoms with Crippen LogP contribution in [0.15, 0.2) is 66.9 Å².